The van der Waals surface area contributed by atoms with Gasteiger partial charge in [-0.2, -0.15) is 0 Å². The van der Waals surface area contributed by atoms with Gasteiger partial charge >= 0.3 is 1.41 Å². The average molecular weight is 81.1 g/mol. The lowest BCUT2D eigenvalue weighted by Crippen LogP contribution is -1.93. The standard InChI is InChI=1S/C5H5N/c1-2-4-6-5-3-1/h1-5H/p+1/i/hD. The first-order chi connectivity index (χ1) is 3.39. The monoisotopic (exact) mass is 81.1 g/mol. The Morgan fingerprint density at radius 1 is 1.17 bits per heavy atom. The van der Waals surface area contributed by atoms with Crippen molar-refractivity contribution in [2.24, 2.45) is 0 Å². The molecule has 0 amide bonds. The summed E-state index contributed by atoms with van der Waals surface area (Å²) >= 11 is 0. The van der Waals surface area contributed by atoms with E-state index in [9.17, 15) is 0 Å². The maximum atomic E-state index is 6.91. The van der Waals surface area contributed by atoms with Crippen molar-refractivity contribution in [2.45, 2.75) is 0 Å². The van der Waals surface area contributed by atoms with Gasteiger partial charge < -0.3 is 0 Å². The van der Waals surface area contributed by atoms with E-state index in [1.54, 1.807) is 12.4 Å². The third kappa shape index (κ3) is 0.549. The molecule has 0 radical (unpaired) electrons. The Balaban J connectivity index is 3.02. The van der Waals surface area contributed by atoms with Gasteiger partial charge in [-0.1, -0.05) is 6.07 Å². The Morgan fingerprint density at radius 2 is 1.83 bits per heavy atom. The first kappa shape index (κ1) is 2.35. The number of pyridine rings is 1. The van der Waals surface area contributed by atoms with Crippen LogP contribution in [0.25, 0.3) is 0 Å². The van der Waals surface area contributed by atoms with E-state index < -0.39 is 0 Å². The summed E-state index contributed by atoms with van der Waals surface area (Å²) in [5.74, 6) is 0. The van der Waals surface area contributed by atoms with Crippen molar-refractivity contribution in [3.63, 3.8) is 0 Å². The summed E-state index contributed by atoms with van der Waals surface area (Å²) in [6.07, 6.45) is 3.33. The average Bonchev–Trinajstić information content (AvgIpc) is 1.69. The van der Waals surface area contributed by atoms with Gasteiger partial charge in [-0.05, 0) is 0 Å². The molecule has 1 heterocycles. The molecule has 0 unspecified atom stereocenters. The molecule has 30 valence electrons. The van der Waals surface area contributed by atoms with Crippen LogP contribution in [0.5, 0.6) is 0 Å². The minimum absolute atomic E-state index is 1.25. The third-order valence-electron chi connectivity index (χ3n) is 0.566. The van der Waals surface area contributed by atoms with Crippen molar-refractivity contribution in [1.29, 1.82) is 0 Å². The van der Waals surface area contributed by atoms with Gasteiger partial charge in [0, 0.05) is 12.1 Å². The molecule has 0 aliphatic heterocycles. The second-order valence-corrected chi connectivity index (χ2v) is 1.02. The molecule has 1 heteroatoms. The van der Waals surface area contributed by atoms with E-state index in [4.69, 9.17) is 1.41 Å². The lowest BCUT2D eigenvalue weighted by atomic mass is 10.5. The first-order valence-electron chi connectivity index (χ1n) is 2.30. The molecule has 1 aromatic rings. The normalized spacial score (nSPS) is 10.3. The molecule has 0 saturated carbocycles. The predicted octanol–water partition coefficient (Wildman–Crippen LogP) is 0.501. The molecule has 1 nitrogen and oxygen atoms in total. The topological polar surface area (TPSA) is 14.1 Å². The molecule has 1 rings (SSSR count). The lowest BCUT2D eigenvalue weighted by molar-refractivity contribution is -0.377. The highest BCUT2D eigenvalue weighted by Gasteiger charge is 1.65. The zero-order valence-corrected chi connectivity index (χ0v) is 3.33. The first-order valence-corrected chi connectivity index (χ1v) is 1.85. The van der Waals surface area contributed by atoms with Crippen molar-refractivity contribution >= 4 is 0 Å². The van der Waals surface area contributed by atoms with Crippen LogP contribution in [-0.4, -0.2) is 0 Å². The second-order valence-electron chi connectivity index (χ2n) is 1.02. The van der Waals surface area contributed by atoms with E-state index in [2.05, 4.69) is 0 Å². The molecule has 0 bridgehead atoms. The molecule has 0 aliphatic rings. The third-order valence-corrected chi connectivity index (χ3v) is 0.566. The smallest absolute Gasteiger partial charge is 0.218 e. The van der Waals surface area contributed by atoms with E-state index in [-0.39, 0.29) is 0 Å². The molecule has 0 atom stereocenters. The van der Waals surface area contributed by atoms with E-state index in [0.717, 1.165) is 0 Å². The van der Waals surface area contributed by atoms with Crippen LogP contribution in [-0.2, 0) is 0 Å². The summed E-state index contributed by atoms with van der Waals surface area (Å²) in [7, 11) is 0. The summed E-state index contributed by atoms with van der Waals surface area (Å²) in [6, 6.07) is 5.50. The quantitative estimate of drug-likeness (QED) is 0.432. The Labute approximate surface area is 38.1 Å². The van der Waals surface area contributed by atoms with Gasteiger partial charge in [0.2, 0.25) is 0 Å². The summed E-state index contributed by atoms with van der Waals surface area (Å²) in [5, 5.41) is 0. The number of H-pyrrole nitrogens is 1. The van der Waals surface area contributed by atoms with Crippen LogP contribution < -0.4 is 4.98 Å². The minimum Gasteiger partial charge on any atom is -0.218 e. The summed E-state index contributed by atoms with van der Waals surface area (Å²) in [6.45, 7) is 0. The van der Waals surface area contributed by atoms with Gasteiger partial charge in [-0.25, -0.2) is 4.98 Å². The van der Waals surface area contributed by atoms with Crippen LogP contribution in [0.4, 0.5) is 0 Å². The summed E-state index contributed by atoms with van der Waals surface area (Å²) in [5.41, 5.74) is 0. The van der Waals surface area contributed by atoms with Crippen molar-refractivity contribution < 1.29 is 6.39 Å². The maximum Gasteiger partial charge on any atom is 0.453 e. The fraction of sp³-hybridized carbons (Fsp3) is 0. The van der Waals surface area contributed by atoms with Gasteiger partial charge in [-0.3, -0.25) is 0 Å². The van der Waals surface area contributed by atoms with E-state index in [0.29, 0.717) is 0 Å². The molecule has 1 N–H and O–H groups in total. The van der Waals surface area contributed by atoms with Gasteiger partial charge in [-0.15, -0.1) is 0 Å². The largest absolute Gasteiger partial charge is 0.453 e. The minimum atomic E-state index is 1.25. The van der Waals surface area contributed by atoms with E-state index >= 15 is 0 Å². The molecular formula is C5H6N+. The second kappa shape index (κ2) is 1.55. The maximum absolute atomic E-state index is 6.91. The van der Waals surface area contributed by atoms with Gasteiger partial charge in [0.1, 0.15) is 0 Å². The van der Waals surface area contributed by atoms with Crippen LogP contribution in [0.1, 0.15) is 0 Å². The highest BCUT2D eigenvalue weighted by atomic mass is 14.6. The van der Waals surface area contributed by atoms with Crippen LogP contribution in [0, 0.1) is 0 Å². The fourth-order valence-electron chi connectivity index (χ4n) is 0.313. The van der Waals surface area contributed by atoms with Crippen LogP contribution >= 0.6 is 0 Å². The number of nitrogens with one attached hydrogen (secondary N) is 1. The summed E-state index contributed by atoms with van der Waals surface area (Å²) in [4.78, 5) is 1.25. The lowest BCUT2D eigenvalue weighted by Gasteiger charge is -1.63. The van der Waals surface area contributed by atoms with Crippen molar-refractivity contribution in [3.8, 4) is 0 Å². The molecule has 1 aromatic heterocycles. The zero-order chi connectivity index (χ0) is 5.11. The highest BCUT2D eigenvalue weighted by molar-refractivity contribution is 4.82. The van der Waals surface area contributed by atoms with Crippen LogP contribution in [0.15, 0.2) is 30.6 Å². The molecule has 6 heavy (non-hydrogen) atoms. The van der Waals surface area contributed by atoms with Gasteiger partial charge in [0.25, 0.3) is 0 Å². The van der Waals surface area contributed by atoms with Crippen molar-refractivity contribution in [1.82, 2.24) is 0 Å². The molecule has 0 aromatic carbocycles. The number of rotatable bonds is 0. The Morgan fingerprint density at radius 3 is 2.17 bits per heavy atom. The Bertz CT molecular complexity index is 138. The van der Waals surface area contributed by atoms with Crippen LogP contribution in [0.2, 0.25) is 1.41 Å². The predicted molar refractivity (Wildman–Crippen MR) is 23.0 cm³/mol. The summed E-state index contributed by atoms with van der Waals surface area (Å²) < 4.78 is 6.91. The number of hydrogen-bond acceptors (Lipinski definition) is 0. The number of aromatic amines is 1. The van der Waals surface area contributed by atoms with Crippen molar-refractivity contribution in [3.05, 3.63) is 30.6 Å². The molecule has 0 fully saturated rings. The highest BCUT2D eigenvalue weighted by Crippen LogP contribution is 1.68. The van der Waals surface area contributed by atoms with Crippen LogP contribution in [0.3, 0.4) is 0 Å². The van der Waals surface area contributed by atoms with Gasteiger partial charge in [0.15, 0.2) is 12.4 Å². The molecule has 0 saturated heterocycles. The zero-order valence-electron chi connectivity index (χ0n) is 4.33. The Kier molecular flexibility index (Phi) is 0.607. The van der Waals surface area contributed by atoms with Crippen molar-refractivity contribution in [2.75, 3.05) is 0 Å². The molecular weight excluding hydrogens is 74.1 g/mol. The number of hydrogen-bond donors (Lipinski definition) is 0. The number of aromatic nitrogens is 1. The Hall–Kier alpha value is -0.850. The molecule has 0 spiro atoms. The molecule has 0 aliphatic carbocycles. The fourth-order valence-corrected chi connectivity index (χ4v) is 0.313. The van der Waals surface area contributed by atoms with Gasteiger partial charge in [0.05, 0.1) is 0 Å². The van der Waals surface area contributed by atoms with E-state index in [1.807, 2.05) is 18.2 Å². The SMILES string of the molecule is [2H][n+]1ccccc1. The van der Waals surface area contributed by atoms with E-state index in [1.165, 1.54) is 4.98 Å².